The number of hydrogen-bond donors (Lipinski definition) is 0. The number of aromatic nitrogens is 3. The zero-order valence-electron chi connectivity index (χ0n) is 30.6. The van der Waals surface area contributed by atoms with Crippen molar-refractivity contribution in [2.75, 3.05) is 0 Å². The number of hydrogen-bond acceptors (Lipinski definition) is 1. The van der Waals surface area contributed by atoms with Crippen molar-refractivity contribution in [2.24, 2.45) is 0 Å². The molecule has 1 aliphatic carbocycles. The van der Waals surface area contributed by atoms with Crippen LogP contribution in [0.5, 0.6) is 0 Å². The van der Waals surface area contributed by atoms with Gasteiger partial charge in [-0.05, 0) is 70.1 Å². The van der Waals surface area contributed by atoms with Crippen molar-refractivity contribution in [1.29, 1.82) is 0 Å². The fourth-order valence-electron chi connectivity index (χ4n) is 9.94. The van der Waals surface area contributed by atoms with E-state index in [0.29, 0.717) is 0 Å². The second kappa shape index (κ2) is 11.0. The summed E-state index contributed by atoms with van der Waals surface area (Å²) in [7, 11) is 0. The van der Waals surface area contributed by atoms with Crippen LogP contribution in [0.4, 0.5) is 0 Å². The Morgan fingerprint density at radius 3 is 1.76 bits per heavy atom. The normalized spacial score (nSPS) is 13.4. The van der Waals surface area contributed by atoms with Crippen molar-refractivity contribution >= 4 is 65.3 Å². The third kappa shape index (κ3) is 4.07. The topological polar surface area (TPSA) is 22.8 Å². The lowest BCUT2D eigenvalue weighted by Crippen LogP contribution is -2.15. The van der Waals surface area contributed by atoms with Gasteiger partial charge in [0.1, 0.15) is 0 Å². The first kappa shape index (κ1) is 30.5. The molecule has 0 N–H and O–H groups in total. The molecule has 3 heterocycles. The Morgan fingerprint density at radius 1 is 0.436 bits per heavy atom. The third-order valence-corrected chi connectivity index (χ3v) is 12.2. The predicted octanol–water partition coefficient (Wildman–Crippen LogP) is 13.6. The Kier molecular flexibility index (Phi) is 6.12. The Labute approximate surface area is 318 Å². The lowest BCUT2D eigenvalue weighted by atomic mass is 9.79. The minimum Gasteiger partial charge on any atom is -0.307 e. The molecule has 0 unspecified atom stereocenters. The Bertz CT molecular complexity index is 3400. The summed E-state index contributed by atoms with van der Waals surface area (Å²) in [5, 5.41) is 8.65. The van der Waals surface area contributed by atoms with Gasteiger partial charge >= 0.3 is 0 Å². The first-order valence-electron chi connectivity index (χ1n) is 19.2. The Balaban J connectivity index is 1.18. The van der Waals surface area contributed by atoms with Crippen LogP contribution in [-0.2, 0) is 5.41 Å². The molecule has 0 amide bonds. The summed E-state index contributed by atoms with van der Waals surface area (Å²) in [4.78, 5) is 5.46. The van der Waals surface area contributed by atoms with Crippen LogP contribution in [0.15, 0.2) is 176 Å². The van der Waals surface area contributed by atoms with Crippen LogP contribution in [-0.4, -0.2) is 14.1 Å². The van der Waals surface area contributed by atoms with Gasteiger partial charge < -0.3 is 9.13 Å². The van der Waals surface area contributed by atoms with E-state index in [-0.39, 0.29) is 5.41 Å². The van der Waals surface area contributed by atoms with Gasteiger partial charge in [-0.2, -0.15) is 0 Å². The largest absolute Gasteiger partial charge is 0.307 e. The molecule has 3 heteroatoms. The molecule has 0 atom stereocenters. The lowest BCUT2D eigenvalue weighted by Gasteiger charge is -2.24. The van der Waals surface area contributed by atoms with Gasteiger partial charge in [-0.3, -0.25) is 0 Å². The highest BCUT2D eigenvalue weighted by Gasteiger charge is 2.37. The average Bonchev–Trinajstić information content (AvgIpc) is 3.84. The van der Waals surface area contributed by atoms with E-state index in [9.17, 15) is 0 Å². The van der Waals surface area contributed by atoms with Crippen LogP contribution in [0.3, 0.4) is 0 Å². The standard InChI is InChI=1S/C52H35N3/c1-52(2)43-23-10-6-19-35(43)38-27-30-42-47(48(38)52)41-22-7-11-24-44(41)53-49(42)32-15-14-18-34(31-32)55-46-26-13-9-21-37(46)40-29-28-39-36-20-8-12-25-45(36)54(50(39)51(40)55)33-16-4-3-5-17-33/h3-31H,1-2H3. The summed E-state index contributed by atoms with van der Waals surface area (Å²) in [6, 6.07) is 64.3. The van der Waals surface area contributed by atoms with Gasteiger partial charge in [0.2, 0.25) is 0 Å². The number of pyridine rings is 1. The summed E-state index contributed by atoms with van der Waals surface area (Å²) < 4.78 is 4.93. The SMILES string of the molecule is CC1(C)c2ccccc2-c2ccc3c(-c4cccc(-n5c6ccccc6c6ccc7c8ccccc8n(-c8ccccc8)c7c65)c4)nc4ccccc4c3c21. The van der Waals surface area contributed by atoms with E-state index in [0.717, 1.165) is 28.1 Å². The molecule has 1 aliphatic rings. The molecule has 3 nitrogen and oxygen atoms in total. The summed E-state index contributed by atoms with van der Waals surface area (Å²) in [6.07, 6.45) is 0. The summed E-state index contributed by atoms with van der Waals surface area (Å²) in [5.74, 6) is 0. The molecule has 3 aromatic heterocycles. The summed E-state index contributed by atoms with van der Waals surface area (Å²) in [6.45, 7) is 4.76. The summed E-state index contributed by atoms with van der Waals surface area (Å²) in [5.41, 5.74) is 15.4. The molecule has 0 saturated heterocycles. The molecule has 8 aromatic carbocycles. The van der Waals surface area contributed by atoms with Crippen molar-refractivity contribution in [3.05, 3.63) is 187 Å². The zero-order chi connectivity index (χ0) is 36.4. The van der Waals surface area contributed by atoms with E-state index >= 15 is 0 Å². The van der Waals surface area contributed by atoms with Crippen molar-refractivity contribution in [3.63, 3.8) is 0 Å². The van der Waals surface area contributed by atoms with Gasteiger partial charge in [-0.1, -0.05) is 147 Å². The van der Waals surface area contributed by atoms with E-state index in [4.69, 9.17) is 4.98 Å². The van der Waals surface area contributed by atoms with E-state index in [1.54, 1.807) is 0 Å². The van der Waals surface area contributed by atoms with Gasteiger partial charge in [0, 0.05) is 54.7 Å². The fraction of sp³-hybridized carbons (Fsp3) is 0.0577. The smallest absolute Gasteiger partial charge is 0.0788 e. The molecular weight excluding hydrogens is 667 g/mol. The fourth-order valence-corrected chi connectivity index (χ4v) is 9.94. The van der Waals surface area contributed by atoms with Crippen molar-refractivity contribution in [3.8, 4) is 33.8 Å². The molecule has 0 aliphatic heterocycles. The van der Waals surface area contributed by atoms with Gasteiger partial charge in [-0.15, -0.1) is 0 Å². The average molecular weight is 702 g/mol. The van der Waals surface area contributed by atoms with Gasteiger partial charge in [0.05, 0.1) is 33.3 Å². The first-order chi connectivity index (χ1) is 27.1. The molecule has 0 saturated carbocycles. The molecule has 0 spiro atoms. The minimum absolute atomic E-state index is 0.153. The van der Waals surface area contributed by atoms with Crippen LogP contribution < -0.4 is 0 Å². The molecule has 0 bridgehead atoms. The Morgan fingerprint density at radius 2 is 1.02 bits per heavy atom. The Hall–Kier alpha value is -6.97. The number of nitrogens with zero attached hydrogens (tertiary/aromatic N) is 3. The zero-order valence-corrected chi connectivity index (χ0v) is 30.6. The minimum atomic E-state index is -0.153. The van der Waals surface area contributed by atoms with E-state index in [1.165, 1.54) is 82.0 Å². The quantitative estimate of drug-likeness (QED) is 0.168. The molecule has 11 aromatic rings. The van der Waals surface area contributed by atoms with Crippen LogP contribution in [0, 0.1) is 0 Å². The highest BCUT2D eigenvalue weighted by atomic mass is 15.0. The molecule has 55 heavy (non-hydrogen) atoms. The maximum Gasteiger partial charge on any atom is 0.0788 e. The van der Waals surface area contributed by atoms with Crippen LogP contribution >= 0.6 is 0 Å². The van der Waals surface area contributed by atoms with Crippen molar-refractivity contribution in [2.45, 2.75) is 19.3 Å². The second-order valence-electron chi connectivity index (χ2n) is 15.5. The van der Waals surface area contributed by atoms with Crippen LogP contribution in [0.1, 0.15) is 25.0 Å². The number of para-hydroxylation sites is 4. The van der Waals surface area contributed by atoms with E-state index in [1.807, 2.05) is 0 Å². The van der Waals surface area contributed by atoms with E-state index < -0.39 is 0 Å². The molecular formula is C52H35N3. The second-order valence-corrected chi connectivity index (χ2v) is 15.5. The van der Waals surface area contributed by atoms with Gasteiger partial charge in [-0.25, -0.2) is 4.98 Å². The molecule has 0 radical (unpaired) electrons. The van der Waals surface area contributed by atoms with Crippen molar-refractivity contribution in [1.82, 2.24) is 14.1 Å². The monoisotopic (exact) mass is 701 g/mol. The third-order valence-electron chi connectivity index (χ3n) is 12.2. The van der Waals surface area contributed by atoms with Crippen molar-refractivity contribution < 1.29 is 0 Å². The van der Waals surface area contributed by atoms with Crippen LogP contribution in [0.25, 0.3) is 99.0 Å². The molecule has 12 rings (SSSR count). The number of rotatable bonds is 3. The van der Waals surface area contributed by atoms with Gasteiger partial charge in [0.15, 0.2) is 0 Å². The first-order valence-corrected chi connectivity index (χ1v) is 19.2. The maximum atomic E-state index is 5.46. The number of benzene rings is 8. The van der Waals surface area contributed by atoms with Gasteiger partial charge in [0.25, 0.3) is 0 Å². The number of fused-ring (bicyclic) bond motifs is 14. The maximum absolute atomic E-state index is 5.46. The lowest BCUT2D eigenvalue weighted by molar-refractivity contribution is 0.666. The molecule has 258 valence electrons. The van der Waals surface area contributed by atoms with Crippen LogP contribution in [0.2, 0.25) is 0 Å². The molecule has 0 fully saturated rings. The highest BCUT2D eigenvalue weighted by molar-refractivity contribution is 6.24. The highest BCUT2D eigenvalue weighted by Crippen LogP contribution is 2.53. The van der Waals surface area contributed by atoms with E-state index in [2.05, 4.69) is 199 Å². The predicted molar refractivity (Wildman–Crippen MR) is 231 cm³/mol. The summed E-state index contributed by atoms with van der Waals surface area (Å²) >= 11 is 0.